The number of hydrogen-bond donors (Lipinski definition) is 1. The molecule has 104 valence electrons. The maximum atomic E-state index is 11.8. The monoisotopic (exact) mass is 262 g/mol. The predicted octanol–water partition coefficient (Wildman–Crippen LogP) is 2.18. The zero-order valence-electron chi connectivity index (χ0n) is 11.6. The van der Waals surface area contributed by atoms with Crippen LogP contribution in [0.4, 0.5) is 0 Å². The van der Waals surface area contributed by atoms with Crippen LogP contribution in [0, 0.1) is 6.92 Å². The molecule has 1 aromatic heterocycles. The smallest absolute Gasteiger partial charge is 0.223 e. The van der Waals surface area contributed by atoms with E-state index < -0.39 is 0 Å². The van der Waals surface area contributed by atoms with Gasteiger partial charge < -0.3 is 9.67 Å². The summed E-state index contributed by atoms with van der Waals surface area (Å²) in [4.78, 5) is 14.2. The van der Waals surface area contributed by atoms with E-state index in [-0.39, 0.29) is 11.2 Å². The Morgan fingerprint density at radius 1 is 1.26 bits per heavy atom. The second-order valence-electron chi connectivity index (χ2n) is 5.88. The molecule has 4 heteroatoms. The Kier molecular flexibility index (Phi) is 3.35. The molecule has 0 aromatic carbocycles. The maximum Gasteiger partial charge on any atom is 0.223 e. The van der Waals surface area contributed by atoms with Gasteiger partial charge in [-0.25, -0.2) is 0 Å². The number of pyridine rings is 1. The van der Waals surface area contributed by atoms with E-state index in [2.05, 4.69) is 9.47 Å². The minimum absolute atomic E-state index is 0.0388. The van der Waals surface area contributed by atoms with Crippen LogP contribution < -0.4 is 5.43 Å². The SMILES string of the molecule is Cc1cc(=O)c(O)c(CN2CCCCC2)n1C1CC1. The van der Waals surface area contributed by atoms with Crippen molar-refractivity contribution < 1.29 is 5.11 Å². The van der Waals surface area contributed by atoms with Crippen molar-refractivity contribution in [2.75, 3.05) is 13.1 Å². The van der Waals surface area contributed by atoms with Gasteiger partial charge in [-0.05, 0) is 45.7 Å². The van der Waals surface area contributed by atoms with Crippen LogP contribution in [0.15, 0.2) is 10.9 Å². The van der Waals surface area contributed by atoms with E-state index in [4.69, 9.17) is 0 Å². The van der Waals surface area contributed by atoms with E-state index in [1.54, 1.807) is 6.07 Å². The van der Waals surface area contributed by atoms with Crippen LogP contribution in [0.1, 0.15) is 49.5 Å². The quantitative estimate of drug-likeness (QED) is 0.908. The first-order chi connectivity index (χ1) is 9.16. The highest BCUT2D eigenvalue weighted by Crippen LogP contribution is 2.38. The summed E-state index contributed by atoms with van der Waals surface area (Å²) in [6, 6.07) is 2.05. The molecule has 2 fully saturated rings. The zero-order chi connectivity index (χ0) is 13.4. The minimum Gasteiger partial charge on any atom is -0.503 e. The number of aromatic hydroxyl groups is 1. The van der Waals surface area contributed by atoms with Gasteiger partial charge in [0.2, 0.25) is 5.43 Å². The molecule has 0 atom stereocenters. The highest BCUT2D eigenvalue weighted by atomic mass is 16.3. The van der Waals surface area contributed by atoms with E-state index in [0.717, 1.165) is 37.3 Å². The number of nitrogens with zero attached hydrogens (tertiary/aromatic N) is 2. The molecule has 1 aliphatic heterocycles. The van der Waals surface area contributed by atoms with Crippen molar-refractivity contribution in [2.24, 2.45) is 0 Å². The van der Waals surface area contributed by atoms with E-state index in [9.17, 15) is 9.90 Å². The van der Waals surface area contributed by atoms with Crippen molar-refractivity contribution in [1.82, 2.24) is 9.47 Å². The van der Waals surface area contributed by atoms with Crippen LogP contribution in [0.25, 0.3) is 0 Å². The summed E-state index contributed by atoms with van der Waals surface area (Å²) in [5.74, 6) is -0.0388. The summed E-state index contributed by atoms with van der Waals surface area (Å²) in [5, 5.41) is 10.2. The van der Waals surface area contributed by atoms with Crippen LogP contribution in [0.2, 0.25) is 0 Å². The fourth-order valence-electron chi connectivity index (χ4n) is 3.12. The lowest BCUT2D eigenvalue weighted by molar-refractivity contribution is 0.211. The van der Waals surface area contributed by atoms with Gasteiger partial charge in [0.1, 0.15) is 0 Å². The second kappa shape index (κ2) is 5.00. The Morgan fingerprint density at radius 2 is 1.95 bits per heavy atom. The molecule has 1 saturated carbocycles. The van der Waals surface area contributed by atoms with Crippen molar-refractivity contribution in [3.63, 3.8) is 0 Å². The number of likely N-dealkylation sites (tertiary alicyclic amines) is 1. The summed E-state index contributed by atoms with van der Waals surface area (Å²) in [6.45, 7) is 4.83. The van der Waals surface area contributed by atoms with Gasteiger partial charge in [0.25, 0.3) is 0 Å². The number of rotatable bonds is 3. The summed E-state index contributed by atoms with van der Waals surface area (Å²) in [5.41, 5.74) is 1.58. The fraction of sp³-hybridized carbons (Fsp3) is 0.667. The van der Waals surface area contributed by atoms with Gasteiger partial charge in [-0.3, -0.25) is 9.69 Å². The lowest BCUT2D eigenvalue weighted by atomic mass is 10.1. The molecule has 0 amide bonds. The predicted molar refractivity (Wildman–Crippen MR) is 74.5 cm³/mol. The molecule has 1 N–H and O–H groups in total. The Hall–Kier alpha value is -1.29. The molecule has 3 rings (SSSR count). The Balaban J connectivity index is 1.95. The number of piperidine rings is 1. The molecular weight excluding hydrogens is 240 g/mol. The highest BCUT2D eigenvalue weighted by Gasteiger charge is 2.29. The van der Waals surface area contributed by atoms with Crippen LogP contribution in [0.5, 0.6) is 5.75 Å². The van der Waals surface area contributed by atoms with Gasteiger partial charge in [0, 0.05) is 24.3 Å². The number of hydrogen-bond acceptors (Lipinski definition) is 3. The van der Waals surface area contributed by atoms with Gasteiger partial charge >= 0.3 is 0 Å². The average Bonchev–Trinajstić information content (AvgIpc) is 3.21. The fourth-order valence-corrected chi connectivity index (χ4v) is 3.12. The zero-order valence-corrected chi connectivity index (χ0v) is 11.6. The van der Waals surface area contributed by atoms with Gasteiger partial charge in [-0.15, -0.1) is 0 Å². The van der Waals surface area contributed by atoms with Gasteiger partial charge in [-0.1, -0.05) is 6.42 Å². The van der Waals surface area contributed by atoms with E-state index >= 15 is 0 Å². The molecule has 4 nitrogen and oxygen atoms in total. The van der Waals surface area contributed by atoms with Crippen LogP contribution in [0.3, 0.4) is 0 Å². The summed E-state index contributed by atoms with van der Waals surface area (Å²) in [7, 11) is 0. The maximum absolute atomic E-state index is 11.8. The van der Waals surface area contributed by atoms with Crippen LogP contribution in [-0.2, 0) is 6.54 Å². The van der Waals surface area contributed by atoms with Crippen molar-refractivity contribution in [2.45, 2.75) is 51.6 Å². The van der Waals surface area contributed by atoms with Crippen molar-refractivity contribution in [3.8, 4) is 5.75 Å². The summed E-state index contributed by atoms with van der Waals surface area (Å²) >= 11 is 0. The molecule has 2 aliphatic rings. The lowest BCUT2D eigenvalue weighted by Gasteiger charge is -2.28. The van der Waals surface area contributed by atoms with Gasteiger partial charge in [0.15, 0.2) is 5.75 Å². The topological polar surface area (TPSA) is 45.5 Å². The molecule has 0 unspecified atom stereocenters. The average molecular weight is 262 g/mol. The van der Waals surface area contributed by atoms with E-state index in [0.29, 0.717) is 12.6 Å². The van der Waals surface area contributed by atoms with Crippen LogP contribution >= 0.6 is 0 Å². The first-order valence-corrected chi connectivity index (χ1v) is 7.33. The first-order valence-electron chi connectivity index (χ1n) is 7.33. The summed E-state index contributed by atoms with van der Waals surface area (Å²) in [6.07, 6.45) is 6.07. The van der Waals surface area contributed by atoms with E-state index in [1.165, 1.54) is 19.3 Å². The van der Waals surface area contributed by atoms with Gasteiger partial charge in [0.05, 0.1) is 5.69 Å². The Morgan fingerprint density at radius 3 is 2.58 bits per heavy atom. The first kappa shape index (κ1) is 12.7. The third kappa shape index (κ3) is 2.54. The van der Waals surface area contributed by atoms with Crippen molar-refractivity contribution in [1.29, 1.82) is 0 Å². The summed E-state index contributed by atoms with van der Waals surface area (Å²) < 4.78 is 2.19. The van der Waals surface area contributed by atoms with Gasteiger partial charge in [-0.2, -0.15) is 0 Å². The number of aryl methyl sites for hydroxylation is 1. The molecule has 2 heterocycles. The molecular formula is C15H22N2O2. The molecule has 1 saturated heterocycles. The minimum atomic E-state index is -0.235. The Bertz CT molecular complexity index is 526. The molecule has 19 heavy (non-hydrogen) atoms. The Labute approximate surface area is 113 Å². The molecule has 1 aromatic rings. The third-order valence-corrected chi connectivity index (χ3v) is 4.25. The highest BCUT2D eigenvalue weighted by molar-refractivity contribution is 5.31. The lowest BCUT2D eigenvalue weighted by Crippen LogP contribution is -2.31. The molecule has 0 bridgehead atoms. The number of aromatic nitrogens is 1. The van der Waals surface area contributed by atoms with Crippen molar-refractivity contribution in [3.05, 3.63) is 27.7 Å². The third-order valence-electron chi connectivity index (χ3n) is 4.25. The normalized spacial score (nSPS) is 20.7. The van der Waals surface area contributed by atoms with Crippen molar-refractivity contribution >= 4 is 0 Å². The molecule has 0 spiro atoms. The second-order valence-corrected chi connectivity index (χ2v) is 5.88. The van der Waals surface area contributed by atoms with Crippen LogP contribution in [-0.4, -0.2) is 27.7 Å². The molecule has 1 aliphatic carbocycles. The van der Waals surface area contributed by atoms with E-state index in [1.807, 2.05) is 6.92 Å². The standard InChI is InChI=1S/C15H22N2O2/c1-11-9-14(18)15(19)13(17(11)12-5-6-12)10-16-7-3-2-4-8-16/h9,12,19H,2-8,10H2,1H3. The molecule has 0 radical (unpaired) electrons. The largest absolute Gasteiger partial charge is 0.503 e.